The first kappa shape index (κ1) is 24.3. The molecule has 4 aromatic rings. The summed E-state index contributed by atoms with van der Waals surface area (Å²) in [6, 6.07) is 19.9. The molecule has 37 heavy (non-hydrogen) atoms. The minimum Gasteiger partial charge on any atom is -0.368 e. The Hall–Kier alpha value is -4.40. The van der Waals surface area contributed by atoms with Crippen LogP contribution in [0.15, 0.2) is 60.7 Å². The van der Waals surface area contributed by atoms with Crippen molar-refractivity contribution in [2.75, 3.05) is 49.5 Å². The molecule has 0 atom stereocenters. The fourth-order valence-corrected chi connectivity index (χ4v) is 4.63. The molecule has 0 spiro atoms. The van der Waals surface area contributed by atoms with Crippen molar-refractivity contribution in [3.63, 3.8) is 0 Å². The van der Waals surface area contributed by atoms with Crippen LogP contribution in [-0.4, -0.2) is 70.9 Å². The molecule has 1 aliphatic heterocycles. The molecule has 0 unspecified atom stereocenters. The van der Waals surface area contributed by atoms with Gasteiger partial charge in [-0.1, -0.05) is 48.5 Å². The molecule has 1 fully saturated rings. The molecule has 5 rings (SSSR count). The molecule has 1 saturated heterocycles. The van der Waals surface area contributed by atoms with E-state index >= 15 is 0 Å². The Morgan fingerprint density at radius 2 is 1.68 bits per heavy atom. The quantitative estimate of drug-likeness (QED) is 0.338. The standard InChI is InChI=1S/C28H31N7O2/c1-19-8-6-7-11-24(19)34-14-16-35(17-15-34)28(37)23-18-22-26(30-13-12-29-20(2)36)32-25(33-27(22)31-23)21-9-4-3-5-10-21/h3-11,18H,12-17H2,1-2H3,(H,29,36)(H2,30,31,32,33). The molecule has 0 saturated carbocycles. The number of rotatable bonds is 7. The molecule has 9 heteroatoms. The highest BCUT2D eigenvalue weighted by Crippen LogP contribution is 2.27. The number of nitrogens with one attached hydrogen (secondary N) is 3. The number of amides is 2. The van der Waals surface area contributed by atoms with Crippen molar-refractivity contribution < 1.29 is 9.59 Å². The summed E-state index contributed by atoms with van der Waals surface area (Å²) in [5.74, 6) is 1.04. The first-order chi connectivity index (χ1) is 18.0. The Kier molecular flexibility index (Phi) is 7.02. The summed E-state index contributed by atoms with van der Waals surface area (Å²) in [5, 5.41) is 6.81. The number of fused-ring (bicyclic) bond motifs is 1. The molecule has 2 aromatic heterocycles. The van der Waals surface area contributed by atoms with E-state index < -0.39 is 0 Å². The molecule has 9 nitrogen and oxygen atoms in total. The third-order valence-corrected chi connectivity index (χ3v) is 6.56. The Bertz CT molecular complexity index is 1410. The van der Waals surface area contributed by atoms with Crippen LogP contribution in [0.2, 0.25) is 0 Å². The van der Waals surface area contributed by atoms with Gasteiger partial charge < -0.3 is 25.4 Å². The summed E-state index contributed by atoms with van der Waals surface area (Å²) in [6.45, 7) is 7.41. The lowest BCUT2D eigenvalue weighted by molar-refractivity contribution is -0.118. The number of benzene rings is 2. The van der Waals surface area contributed by atoms with Crippen LogP contribution in [0.1, 0.15) is 23.0 Å². The van der Waals surface area contributed by atoms with Gasteiger partial charge in [0.05, 0.1) is 5.39 Å². The van der Waals surface area contributed by atoms with Gasteiger partial charge in [-0.3, -0.25) is 9.59 Å². The number of aromatic nitrogens is 3. The molecule has 190 valence electrons. The second-order valence-corrected chi connectivity index (χ2v) is 9.18. The van der Waals surface area contributed by atoms with Crippen LogP contribution >= 0.6 is 0 Å². The summed E-state index contributed by atoms with van der Waals surface area (Å²) < 4.78 is 0. The van der Waals surface area contributed by atoms with Gasteiger partial charge in [0, 0.05) is 57.4 Å². The number of para-hydroxylation sites is 1. The molecule has 1 aliphatic rings. The van der Waals surface area contributed by atoms with E-state index in [-0.39, 0.29) is 11.8 Å². The van der Waals surface area contributed by atoms with E-state index in [2.05, 4.69) is 45.6 Å². The zero-order valence-corrected chi connectivity index (χ0v) is 21.1. The summed E-state index contributed by atoms with van der Waals surface area (Å²) in [6.07, 6.45) is 0. The Morgan fingerprint density at radius 3 is 2.41 bits per heavy atom. The third-order valence-electron chi connectivity index (χ3n) is 6.56. The van der Waals surface area contributed by atoms with Gasteiger partial charge in [-0.2, -0.15) is 0 Å². The van der Waals surface area contributed by atoms with E-state index in [0.29, 0.717) is 49.2 Å². The predicted molar refractivity (Wildman–Crippen MR) is 146 cm³/mol. The number of carbonyl (C=O) groups excluding carboxylic acids is 2. The van der Waals surface area contributed by atoms with E-state index in [0.717, 1.165) is 24.0 Å². The number of nitrogens with zero attached hydrogens (tertiary/aromatic N) is 4. The number of aryl methyl sites for hydroxylation is 1. The van der Waals surface area contributed by atoms with E-state index in [9.17, 15) is 9.59 Å². The molecular weight excluding hydrogens is 466 g/mol. The van der Waals surface area contributed by atoms with Crippen molar-refractivity contribution in [3.8, 4) is 11.4 Å². The topological polar surface area (TPSA) is 106 Å². The number of piperazine rings is 1. The monoisotopic (exact) mass is 497 g/mol. The van der Waals surface area contributed by atoms with Gasteiger partial charge in [0.25, 0.3) is 5.91 Å². The van der Waals surface area contributed by atoms with Crippen LogP contribution in [0.4, 0.5) is 11.5 Å². The van der Waals surface area contributed by atoms with E-state index in [1.807, 2.05) is 47.4 Å². The number of carbonyl (C=O) groups is 2. The van der Waals surface area contributed by atoms with E-state index in [1.54, 1.807) is 0 Å². The zero-order valence-electron chi connectivity index (χ0n) is 21.1. The van der Waals surface area contributed by atoms with Crippen LogP contribution in [0.3, 0.4) is 0 Å². The Morgan fingerprint density at radius 1 is 0.946 bits per heavy atom. The number of H-pyrrole nitrogens is 1. The average Bonchev–Trinajstić information content (AvgIpc) is 3.36. The predicted octanol–water partition coefficient (Wildman–Crippen LogP) is 3.44. The van der Waals surface area contributed by atoms with Crippen molar-refractivity contribution in [3.05, 3.63) is 71.9 Å². The van der Waals surface area contributed by atoms with Crippen LogP contribution in [-0.2, 0) is 4.79 Å². The van der Waals surface area contributed by atoms with Gasteiger partial charge in [0.2, 0.25) is 5.91 Å². The van der Waals surface area contributed by atoms with Crippen LogP contribution < -0.4 is 15.5 Å². The normalized spacial score (nSPS) is 13.6. The fraction of sp³-hybridized carbons (Fsp3) is 0.286. The lowest BCUT2D eigenvalue weighted by atomic mass is 10.1. The second-order valence-electron chi connectivity index (χ2n) is 9.18. The van der Waals surface area contributed by atoms with Crippen LogP contribution in [0.5, 0.6) is 0 Å². The van der Waals surface area contributed by atoms with Crippen molar-refractivity contribution in [2.45, 2.75) is 13.8 Å². The van der Waals surface area contributed by atoms with Crippen LogP contribution in [0, 0.1) is 6.92 Å². The minimum atomic E-state index is -0.0864. The summed E-state index contributed by atoms with van der Waals surface area (Å²) in [4.78, 5) is 41.6. The second kappa shape index (κ2) is 10.7. The van der Waals surface area contributed by atoms with E-state index in [1.165, 1.54) is 18.2 Å². The molecule has 3 N–H and O–H groups in total. The lowest BCUT2D eigenvalue weighted by Gasteiger charge is -2.36. The number of aromatic amines is 1. The van der Waals surface area contributed by atoms with Crippen molar-refractivity contribution in [1.29, 1.82) is 0 Å². The average molecular weight is 498 g/mol. The molecular formula is C28H31N7O2. The Balaban J connectivity index is 1.37. The Labute approximate surface area is 215 Å². The van der Waals surface area contributed by atoms with Crippen molar-refractivity contribution in [1.82, 2.24) is 25.2 Å². The molecule has 2 aromatic carbocycles. The maximum absolute atomic E-state index is 13.4. The minimum absolute atomic E-state index is 0.0482. The number of anilines is 2. The maximum Gasteiger partial charge on any atom is 0.270 e. The highest BCUT2D eigenvalue weighted by molar-refractivity contribution is 6.00. The van der Waals surface area contributed by atoms with Gasteiger partial charge in [-0.15, -0.1) is 0 Å². The summed E-state index contributed by atoms with van der Waals surface area (Å²) in [7, 11) is 0. The third kappa shape index (κ3) is 5.40. The van der Waals surface area contributed by atoms with Gasteiger partial charge in [0.1, 0.15) is 17.2 Å². The SMILES string of the molecule is CC(=O)NCCNc1nc(-c2ccccc2)nc2[nH]c(C(=O)N3CCN(c4ccccc4C)CC3)cc12. The van der Waals surface area contributed by atoms with Gasteiger partial charge in [-0.25, -0.2) is 9.97 Å². The highest BCUT2D eigenvalue weighted by atomic mass is 16.2. The number of hydrogen-bond donors (Lipinski definition) is 3. The van der Waals surface area contributed by atoms with Gasteiger partial charge in [-0.05, 0) is 24.6 Å². The summed E-state index contributed by atoms with van der Waals surface area (Å²) in [5.41, 5.74) is 4.42. The first-order valence-corrected chi connectivity index (χ1v) is 12.5. The summed E-state index contributed by atoms with van der Waals surface area (Å²) >= 11 is 0. The van der Waals surface area contributed by atoms with Gasteiger partial charge in [0.15, 0.2) is 5.82 Å². The highest BCUT2D eigenvalue weighted by Gasteiger charge is 2.25. The van der Waals surface area contributed by atoms with Crippen LogP contribution in [0.25, 0.3) is 22.4 Å². The molecule has 2 amide bonds. The maximum atomic E-state index is 13.4. The molecule has 0 radical (unpaired) electrons. The van der Waals surface area contributed by atoms with E-state index in [4.69, 9.17) is 9.97 Å². The number of hydrogen-bond acceptors (Lipinski definition) is 6. The van der Waals surface area contributed by atoms with Gasteiger partial charge >= 0.3 is 0 Å². The smallest absolute Gasteiger partial charge is 0.270 e. The van der Waals surface area contributed by atoms with Crippen molar-refractivity contribution in [2.24, 2.45) is 0 Å². The zero-order chi connectivity index (χ0) is 25.8. The fourth-order valence-electron chi connectivity index (χ4n) is 4.63. The van der Waals surface area contributed by atoms with Crippen molar-refractivity contribution >= 4 is 34.4 Å². The molecule has 0 bridgehead atoms. The first-order valence-electron chi connectivity index (χ1n) is 12.5. The largest absolute Gasteiger partial charge is 0.368 e. The molecule has 0 aliphatic carbocycles. The lowest BCUT2D eigenvalue weighted by Crippen LogP contribution is -2.49. The molecule has 3 heterocycles.